The molecular formula is C15H14ClF3N2. The summed E-state index contributed by atoms with van der Waals surface area (Å²) in [6.45, 7) is 2.73. The summed E-state index contributed by atoms with van der Waals surface area (Å²) in [6, 6.07) is 5.51. The van der Waals surface area contributed by atoms with E-state index in [2.05, 4.69) is 11.9 Å². The van der Waals surface area contributed by atoms with Gasteiger partial charge in [0.1, 0.15) is 5.82 Å². The summed E-state index contributed by atoms with van der Waals surface area (Å²) in [5.41, 5.74) is 0.252. The highest BCUT2D eigenvalue weighted by atomic mass is 35.5. The molecule has 1 aliphatic heterocycles. The van der Waals surface area contributed by atoms with Crippen LogP contribution in [0.15, 0.2) is 24.3 Å². The van der Waals surface area contributed by atoms with Gasteiger partial charge in [0, 0.05) is 12.1 Å². The lowest BCUT2D eigenvalue weighted by Crippen LogP contribution is -2.19. The van der Waals surface area contributed by atoms with Gasteiger partial charge in [0.25, 0.3) is 0 Å². The van der Waals surface area contributed by atoms with Crippen molar-refractivity contribution in [1.82, 2.24) is 9.55 Å². The molecule has 0 spiro atoms. The van der Waals surface area contributed by atoms with Crippen LogP contribution >= 0.6 is 11.6 Å². The van der Waals surface area contributed by atoms with Crippen LogP contribution in [0.2, 0.25) is 5.15 Å². The minimum absolute atomic E-state index is 0.0900. The summed E-state index contributed by atoms with van der Waals surface area (Å²) >= 11 is 6.11. The third-order valence-corrected chi connectivity index (χ3v) is 4.17. The van der Waals surface area contributed by atoms with Gasteiger partial charge in [-0.25, -0.2) is 4.98 Å². The van der Waals surface area contributed by atoms with Crippen molar-refractivity contribution in [2.24, 2.45) is 5.92 Å². The van der Waals surface area contributed by atoms with Gasteiger partial charge in [0.15, 0.2) is 5.15 Å². The smallest absolute Gasteiger partial charge is 0.326 e. The molecule has 0 fully saturated rings. The number of aromatic nitrogens is 2. The summed E-state index contributed by atoms with van der Waals surface area (Å²) in [7, 11) is 0. The Hall–Kier alpha value is -1.49. The molecule has 2 heterocycles. The largest absolute Gasteiger partial charge is 0.417 e. The van der Waals surface area contributed by atoms with Gasteiger partial charge in [-0.2, -0.15) is 13.2 Å². The summed E-state index contributed by atoms with van der Waals surface area (Å²) < 4.78 is 41.4. The molecule has 2 aromatic rings. The molecular weight excluding hydrogens is 301 g/mol. The lowest BCUT2D eigenvalue weighted by Gasteiger charge is -2.23. The highest BCUT2D eigenvalue weighted by Crippen LogP contribution is 2.39. The van der Waals surface area contributed by atoms with E-state index in [1.54, 1.807) is 6.07 Å². The first-order chi connectivity index (χ1) is 9.88. The minimum atomic E-state index is -4.41. The number of alkyl halides is 3. The van der Waals surface area contributed by atoms with Gasteiger partial charge in [0.05, 0.1) is 11.3 Å². The van der Waals surface area contributed by atoms with Gasteiger partial charge < -0.3 is 4.57 Å². The average Bonchev–Trinajstić information content (AvgIpc) is 2.74. The molecule has 6 heteroatoms. The molecule has 21 heavy (non-hydrogen) atoms. The molecule has 0 saturated heterocycles. The molecule has 1 atom stereocenters. The van der Waals surface area contributed by atoms with Gasteiger partial charge in [-0.3, -0.25) is 0 Å². The molecule has 0 N–H and O–H groups in total. The normalized spacial score (nSPS) is 18.6. The van der Waals surface area contributed by atoms with Crippen LogP contribution in [0.25, 0.3) is 11.4 Å². The van der Waals surface area contributed by atoms with E-state index < -0.39 is 11.7 Å². The van der Waals surface area contributed by atoms with Gasteiger partial charge in [-0.05, 0) is 24.8 Å². The van der Waals surface area contributed by atoms with Crippen LogP contribution in [-0.4, -0.2) is 9.55 Å². The Morgan fingerprint density at radius 3 is 2.71 bits per heavy atom. The third-order valence-electron chi connectivity index (χ3n) is 3.87. The molecule has 1 aromatic heterocycles. The number of benzene rings is 1. The van der Waals surface area contributed by atoms with Crippen molar-refractivity contribution in [1.29, 1.82) is 0 Å². The van der Waals surface area contributed by atoms with Crippen LogP contribution in [0.4, 0.5) is 13.2 Å². The monoisotopic (exact) mass is 314 g/mol. The molecule has 0 bridgehead atoms. The molecule has 0 radical (unpaired) electrons. The number of halogens is 4. The molecule has 1 aliphatic rings. The first kappa shape index (κ1) is 14.4. The van der Waals surface area contributed by atoms with Crippen molar-refractivity contribution < 1.29 is 13.2 Å². The number of imidazole rings is 1. The number of hydrogen-bond acceptors (Lipinski definition) is 1. The van der Waals surface area contributed by atoms with Crippen LogP contribution in [0.3, 0.4) is 0 Å². The Balaban J connectivity index is 2.19. The molecule has 1 aromatic carbocycles. The quantitative estimate of drug-likeness (QED) is 0.739. The van der Waals surface area contributed by atoms with Crippen molar-refractivity contribution in [3.05, 3.63) is 40.7 Å². The molecule has 1 unspecified atom stereocenters. The van der Waals surface area contributed by atoms with Gasteiger partial charge in [-0.15, -0.1) is 0 Å². The lowest BCUT2D eigenvalue weighted by atomic mass is 9.99. The third kappa shape index (κ3) is 2.55. The van der Waals surface area contributed by atoms with E-state index in [-0.39, 0.29) is 5.56 Å². The Morgan fingerprint density at radius 1 is 1.29 bits per heavy atom. The zero-order valence-corrected chi connectivity index (χ0v) is 12.2. The average molecular weight is 315 g/mol. The molecule has 2 nitrogen and oxygen atoms in total. The standard InChI is InChI=1S/C15H14ClF3N2/c1-9-6-7-12-13(16)20-14(21(12)8-9)10-4-2-3-5-11(10)15(17,18)19/h2-5,9H,6-8H2,1H3. The Morgan fingerprint density at radius 2 is 2.00 bits per heavy atom. The van der Waals surface area contributed by atoms with E-state index in [0.717, 1.165) is 24.6 Å². The van der Waals surface area contributed by atoms with E-state index in [0.29, 0.717) is 23.4 Å². The fourth-order valence-corrected chi connectivity index (χ4v) is 3.09. The van der Waals surface area contributed by atoms with Gasteiger partial charge in [-0.1, -0.05) is 36.7 Å². The maximum atomic E-state index is 13.2. The van der Waals surface area contributed by atoms with Crippen molar-refractivity contribution in [3.8, 4) is 11.4 Å². The van der Waals surface area contributed by atoms with Crippen molar-refractivity contribution in [3.63, 3.8) is 0 Å². The zero-order valence-electron chi connectivity index (χ0n) is 11.4. The number of rotatable bonds is 1. The maximum absolute atomic E-state index is 13.2. The molecule has 3 rings (SSSR count). The van der Waals surface area contributed by atoms with E-state index >= 15 is 0 Å². The highest BCUT2D eigenvalue weighted by Gasteiger charge is 2.35. The van der Waals surface area contributed by atoms with Crippen molar-refractivity contribution >= 4 is 11.6 Å². The topological polar surface area (TPSA) is 17.8 Å². The second-order valence-electron chi connectivity index (χ2n) is 5.47. The van der Waals surface area contributed by atoms with Gasteiger partial charge in [0.2, 0.25) is 0 Å². The fraction of sp³-hybridized carbons (Fsp3) is 0.400. The highest BCUT2D eigenvalue weighted by molar-refractivity contribution is 6.30. The summed E-state index contributed by atoms with van der Waals surface area (Å²) in [5.74, 6) is 0.717. The SMILES string of the molecule is CC1CCc2c(Cl)nc(-c3ccccc3C(F)(F)F)n2C1. The van der Waals surface area contributed by atoms with Crippen LogP contribution in [-0.2, 0) is 19.1 Å². The van der Waals surface area contributed by atoms with Crippen LogP contribution < -0.4 is 0 Å². The Labute approximate surface area is 125 Å². The molecule has 112 valence electrons. The Bertz CT molecular complexity index is 676. The summed E-state index contributed by atoms with van der Waals surface area (Å²) in [5, 5.41) is 0.314. The molecule has 0 saturated carbocycles. The first-order valence-electron chi connectivity index (χ1n) is 6.79. The van der Waals surface area contributed by atoms with Crippen LogP contribution in [0.5, 0.6) is 0 Å². The molecule has 0 aliphatic carbocycles. The second-order valence-corrected chi connectivity index (χ2v) is 5.83. The predicted octanol–water partition coefficient (Wildman–Crippen LogP) is 4.80. The van der Waals surface area contributed by atoms with Crippen LogP contribution in [0.1, 0.15) is 24.6 Å². The van der Waals surface area contributed by atoms with Crippen molar-refractivity contribution in [2.45, 2.75) is 32.5 Å². The Kier molecular flexibility index (Phi) is 3.48. The number of nitrogens with zero attached hydrogens (tertiary/aromatic N) is 2. The number of hydrogen-bond donors (Lipinski definition) is 0. The summed E-state index contributed by atoms with van der Waals surface area (Å²) in [6.07, 6.45) is -2.68. The van der Waals surface area contributed by atoms with Crippen LogP contribution in [0, 0.1) is 5.92 Å². The van der Waals surface area contributed by atoms with E-state index in [9.17, 15) is 13.2 Å². The van der Waals surface area contributed by atoms with E-state index in [1.807, 2.05) is 4.57 Å². The first-order valence-corrected chi connectivity index (χ1v) is 7.17. The summed E-state index contributed by atoms with van der Waals surface area (Å²) in [4.78, 5) is 4.20. The van der Waals surface area contributed by atoms with E-state index in [1.165, 1.54) is 12.1 Å². The van der Waals surface area contributed by atoms with E-state index in [4.69, 9.17) is 11.6 Å². The zero-order chi connectivity index (χ0) is 15.2. The second kappa shape index (κ2) is 5.05. The predicted molar refractivity (Wildman–Crippen MR) is 75.2 cm³/mol. The number of fused-ring (bicyclic) bond motifs is 1. The lowest BCUT2D eigenvalue weighted by molar-refractivity contribution is -0.137. The maximum Gasteiger partial charge on any atom is 0.417 e. The minimum Gasteiger partial charge on any atom is -0.326 e. The van der Waals surface area contributed by atoms with Crippen molar-refractivity contribution in [2.75, 3.05) is 0 Å². The molecule has 0 amide bonds. The van der Waals surface area contributed by atoms with Gasteiger partial charge >= 0.3 is 6.18 Å². The fourth-order valence-electron chi connectivity index (χ4n) is 2.81.